The number of hydrogen-bond donors (Lipinski definition) is 2. The molecule has 0 aliphatic carbocycles. The number of piperidine rings is 1. The Kier molecular flexibility index (Phi) is 7.04. The third-order valence-corrected chi connectivity index (χ3v) is 4.51. The summed E-state index contributed by atoms with van der Waals surface area (Å²) < 4.78 is 0. The number of carbonyl (C=O) groups excluding carboxylic acids is 1. The first kappa shape index (κ1) is 17.0. The third kappa shape index (κ3) is 4.81. The van der Waals surface area contributed by atoms with Crippen LogP contribution in [0, 0.1) is 18.3 Å². The minimum absolute atomic E-state index is 0.0453. The van der Waals surface area contributed by atoms with Crippen LogP contribution in [0.2, 0.25) is 0 Å². The molecule has 0 spiro atoms. The summed E-state index contributed by atoms with van der Waals surface area (Å²) in [5, 5.41) is 3.03. The summed E-state index contributed by atoms with van der Waals surface area (Å²) in [6.45, 7) is 7.23. The molecule has 20 heavy (non-hydrogen) atoms. The second-order valence-corrected chi connectivity index (χ2v) is 5.78. The van der Waals surface area contributed by atoms with E-state index in [2.05, 4.69) is 16.1 Å². The average molecular weight is 279 g/mol. The first-order valence-electron chi connectivity index (χ1n) is 7.80. The van der Waals surface area contributed by atoms with Gasteiger partial charge in [-0.3, -0.25) is 9.69 Å². The Morgan fingerprint density at radius 3 is 2.45 bits per heavy atom. The monoisotopic (exact) mass is 279 g/mol. The predicted octanol–water partition coefficient (Wildman–Crippen LogP) is 1.36. The highest BCUT2D eigenvalue weighted by Crippen LogP contribution is 2.19. The van der Waals surface area contributed by atoms with Gasteiger partial charge in [0.25, 0.3) is 0 Å². The molecule has 4 heteroatoms. The van der Waals surface area contributed by atoms with Crippen molar-refractivity contribution in [1.82, 2.24) is 10.2 Å². The molecule has 0 saturated carbocycles. The predicted molar refractivity (Wildman–Crippen MR) is 83.1 cm³/mol. The molecule has 4 nitrogen and oxygen atoms in total. The normalized spacial score (nSPS) is 17.7. The first-order chi connectivity index (χ1) is 9.59. The summed E-state index contributed by atoms with van der Waals surface area (Å²) >= 11 is 0. The molecule has 0 bridgehead atoms. The van der Waals surface area contributed by atoms with Crippen molar-refractivity contribution >= 4 is 5.91 Å². The molecule has 1 saturated heterocycles. The molecule has 0 aromatic carbocycles. The SMILES string of the molecule is C#CC(CC)(CC)NC(=O)CN1CCC(CCN)CC1. The van der Waals surface area contributed by atoms with Crippen molar-refractivity contribution in [3.63, 3.8) is 0 Å². The number of amides is 1. The van der Waals surface area contributed by atoms with Crippen molar-refractivity contribution in [1.29, 1.82) is 0 Å². The molecule has 0 unspecified atom stereocenters. The van der Waals surface area contributed by atoms with Gasteiger partial charge in [-0.1, -0.05) is 19.8 Å². The Hall–Kier alpha value is -1.05. The lowest BCUT2D eigenvalue weighted by molar-refractivity contribution is -0.124. The topological polar surface area (TPSA) is 58.4 Å². The van der Waals surface area contributed by atoms with Crippen LogP contribution < -0.4 is 11.1 Å². The van der Waals surface area contributed by atoms with E-state index in [9.17, 15) is 4.79 Å². The van der Waals surface area contributed by atoms with Crippen molar-refractivity contribution in [2.24, 2.45) is 11.7 Å². The van der Waals surface area contributed by atoms with Crippen LogP contribution in [0.15, 0.2) is 0 Å². The Morgan fingerprint density at radius 1 is 1.40 bits per heavy atom. The van der Waals surface area contributed by atoms with Crippen molar-refractivity contribution in [3.05, 3.63) is 0 Å². The van der Waals surface area contributed by atoms with Crippen molar-refractivity contribution in [2.75, 3.05) is 26.2 Å². The summed E-state index contributed by atoms with van der Waals surface area (Å²) in [7, 11) is 0. The molecular formula is C16H29N3O. The molecule has 1 heterocycles. The van der Waals surface area contributed by atoms with Crippen LogP contribution in [-0.2, 0) is 4.79 Å². The quantitative estimate of drug-likeness (QED) is 0.692. The van der Waals surface area contributed by atoms with Crippen LogP contribution in [0.1, 0.15) is 46.0 Å². The van der Waals surface area contributed by atoms with E-state index in [0.717, 1.165) is 57.7 Å². The van der Waals surface area contributed by atoms with E-state index in [1.54, 1.807) is 0 Å². The Balaban J connectivity index is 2.39. The van der Waals surface area contributed by atoms with E-state index >= 15 is 0 Å². The minimum atomic E-state index is -0.477. The molecule has 1 fully saturated rings. The maximum atomic E-state index is 12.1. The van der Waals surface area contributed by atoms with Gasteiger partial charge in [0, 0.05) is 0 Å². The lowest BCUT2D eigenvalue weighted by Crippen LogP contribution is -2.50. The van der Waals surface area contributed by atoms with Gasteiger partial charge in [0.1, 0.15) is 5.54 Å². The number of terminal acetylenes is 1. The van der Waals surface area contributed by atoms with Crippen LogP contribution in [0.5, 0.6) is 0 Å². The van der Waals surface area contributed by atoms with Gasteiger partial charge in [-0.15, -0.1) is 6.42 Å². The highest BCUT2D eigenvalue weighted by atomic mass is 16.2. The van der Waals surface area contributed by atoms with Crippen LogP contribution >= 0.6 is 0 Å². The maximum absolute atomic E-state index is 12.1. The van der Waals surface area contributed by atoms with E-state index in [0.29, 0.717) is 6.54 Å². The smallest absolute Gasteiger partial charge is 0.235 e. The van der Waals surface area contributed by atoms with E-state index < -0.39 is 5.54 Å². The van der Waals surface area contributed by atoms with Crippen LogP contribution in [0.3, 0.4) is 0 Å². The lowest BCUT2D eigenvalue weighted by Gasteiger charge is -2.33. The molecule has 1 amide bonds. The average Bonchev–Trinajstić information content (AvgIpc) is 2.47. The van der Waals surface area contributed by atoms with Gasteiger partial charge in [0.15, 0.2) is 0 Å². The van der Waals surface area contributed by atoms with Crippen LogP contribution in [-0.4, -0.2) is 42.5 Å². The lowest BCUT2D eigenvalue weighted by atomic mass is 9.93. The zero-order chi connectivity index (χ0) is 15.0. The zero-order valence-electron chi connectivity index (χ0n) is 13.0. The second-order valence-electron chi connectivity index (χ2n) is 5.78. The van der Waals surface area contributed by atoms with Gasteiger partial charge in [-0.2, -0.15) is 0 Å². The number of hydrogen-bond acceptors (Lipinski definition) is 3. The summed E-state index contributed by atoms with van der Waals surface area (Å²) in [4.78, 5) is 14.4. The number of likely N-dealkylation sites (tertiary alicyclic amines) is 1. The Bertz CT molecular complexity index is 336. The van der Waals surface area contributed by atoms with E-state index in [1.165, 1.54) is 0 Å². The molecule has 0 atom stereocenters. The van der Waals surface area contributed by atoms with Gasteiger partial charge < -0.3 is 11.1 Å². The summed E-state index contributed by atoms with van der Waals surface area (Å²) in [5.74, 6) is 3.52. The molecule has 0 radical (unpaired) electrons. The molecular weight excluding hydrogens is 250 g/mol. The standard InChI is InChI=1S/C16H29N3O/c1-4-16(5-2,6-3)18-15(20)13-19-11-8-14(7-10-17)9-12-19/h1,14H,5-13,17H2,2-3H3,(H,18,20). The number of nitrogens with zero attached hydrogens (tertiary/aromatic N) is 1. The minimum Gasteiger partial charge on any atom is -0.339 e. The summed E-state index contributed by atoms with van der Waals surface area (Å²) in [6, 6.07) is 0. The van der Waals surface area contributed by atoms with Gasteiger partial charge in [-0.25, -0.2) is 0 Å². The van der Waals surface area contributed by atoms with Gasteiger partial charge in [0.05, 0.1) is 6.54 Å². The third-order valence-electron chi connectivity index (χ3n) is 4.51. The molecule has 0 aromatic rings. The zero-order valence-corrected chi connectivity index (χ0v) is 13.0. The fourth-order valence-electron chi connectivity index (χ4n) is 2.85. The second kappa shape index (κ2) is 8.28. The number of nitrogens with two attached hydrogens (primary N) is 1. The van der Waals surface area contributed by atoms with Crippen LogP contribution in [0.4, 0.5) is 0 Å². The molecule has 0 aromatic heterocycles. The molecule has 3 N–H and O–H groups in total. The highest BCUT2D eigenvalue weighted by molar-refractivity contribution is 5.79. The largest absolute Gasteiger partial charge is 0.339 e. The summed E-state index contributed by atoms with van der Waals surface area (Å²) in [6.07, 6.45) is 10.5. The Labute approximate surface area is 123 Å². The number of nitrogens with one attached hydrogen (secondary N) is 1. The fourth-order valence-corrected chi connectivity index (χ4v) is 2.85. The van der Waals surface area contributed by atoms with Crippen molar-refractivity contribution < 1.29 is 4.79 Å². The Morgan fingerprint density at radius 2 is 2.00 bits per heavy atom. The van der Waals surface area contributed by atoms with Gasteiger partial charge in [-0.05, 0) is 57.7 Å². The molecule has 1 aliphatic heterocycles. The van der Waals surface area contributed by atoms with Gasteiger partial charge >= 0.3 is 0 Å². The number of carbonyl (C=O) groups is 1. The van der Waals surface area contributed by atoms with Crippen molar-refractivity contribution in [3.8, 4) is 12.3 Å². The van der Waals surface area contributed by atoms with Crippen molar-refractivity contribution in [2.45, 2.75) is 51.5 Å². The fraction of sp³-hybridized carbons (Fsp3) is 0.812. The first-order valence-corrected chi connectivity index (χ1v) is 7.80. The van der Waals surface area contributed by atoms with Gasteiger partial charge in [0.2, 0.25) is 5.91 Å². The molecule has 114 valence electrons. The molecule has 1 aliphatic rings. The highest BCUT2D eigenvalue weighted by Gasteiger charge is 2.27. The van der Waals surface area contributed by atoms with E-state index in [-0.39, 0.29) is 5.91 Å². The van der Waals surface area contributed by atoms with E-state index in [1.807, 2.05) is 13.8 Å². The number of rotatable bonds is 7. The summed E-state index contributed by atoms with van der Waals surface area (Å²) in [5.41, 5.74) is 5.12. The van der Waals surface area contributed by atoms with Crippen LogP contribution in [0.25, 0.3) is 0 Å². The maximum Gasteiger partial charge on any atom is 0.235 e. The van der Waals surface area contributed by atoms with E-state index in [4.69, 9.17) is 12.2 Å². The molecule has 1 rings (SSSR count).